The quantitative estimate of drug-likeness (QED) is 0.681. The second-order valence-electron chi connectivity index (χ2n) is 4.58. The molecule has 2 nitrogen and oxygen atoms in total. The normalized spacial score (nSPS) is 10.9. The van der Waals surface area contributed by atoms with Gasteiger partial charge in [-0.1, -0.05) is 30.0 Å². The standard InChI is InChI=1S/C17H17NOS/c1-3-18-12-17(20-14-7-5-4-6-8-14)15-11-13(19-2)9-10-16(15)18/h4-12H,3H2,1-2H3. The van der Waals surface area contributed by atoms with E-state index < -0.39 is 0 Å². The van der Waals surface area contributed by atoms with Crippen molar-refractivity contribution in [2.75, 3.05) is 7.11 Å². The van der Waals surface area contributed by atoms with Gasteiger partial charge >= 0.3 is 0 Å². The van der Waals surface area contributed by atoms with E-state index in [1.165, 1.54) is 20.7 Å². The van der Waals surface area contributed by atoms with Crippen molar-refractivity contribution in [1.82, 2.24) is 4.57 Å². The van der Waals surface area contributed by atoms with Crippen LogP contribution in [0.5, 0.6) is 5.75 Å². The first-order valence-corrected chi connectivity index (χ1v) is 7.53. The van der Waals surface area contributed by atoms with Crippen LogP contribution in [0.3, 0.4) is 0 Å². The molecule has 0 aliphatic rings. The number of ether oxygens (including phenoxy) is 1. The van der Waals surface area contributed by atoms with E-state index in [1.54, 1.807) is 18.9 Å². The fourth-order valence-electron chi connectivity index (χ4n) is 2.33. The molecule has 0 amide bonds. The minimum atomic E-state index is 0.904. The molecule has 1 heterocycles. The van der Waals surface area contributed by atoms with Gasteiger partial charge in [0.25, 0.3) is 0 Å². The van der Waals surface area contributed by atoms with E-state index in [2.05, 4.69) is 54.1 Å². The predicted molar refractivity (Wildman–Crippen MR) is 84.7 cm³/mol. The van der Waals surface area contributed by atoms with Crippen molar-refractivity contribution in [3.05, 3.63) is 54.7 Å². The number of methoxy groups -OCH3 is 1. The number of nitrogens with zero attached hydrogens (tertiary/aromatic N) is 1. The number of aromatic nitrogens is 1. The SMILES string of the molecule is CCn1cc(Sc2ccccc2)c2cc(OC)ccc21. The maximum atomic E-state index is 5.35. The van der Waals surface area contributed by atoms with E-state index in [0.717, 1.165) is 12.3 Å². The summed E-state index contributed by atoms with van der Waals surface area (Å²) < 4.78 is 7.63. The Morgan fingerprint density at radius 3 is 2.60 bits per heavy atom. The minimum absolute atomic E-state index is 0.904. The Hall–Kier alpha value is -1.87. The monoisotopic (exact) mass is 283 g/mol. The van der Waals surface area contributed by atoms with Gasteiger partial charge in [-0.3, -0.25) is 0 Å². The minimum Gasteiger partial charge on any atom is -0.497 e. The molecule has 0 bridgehead atoms. The van der Waals surface area contributed by atoms with Gasteiger partial charge in [-0.15, -0.1) is 0 Å². The lowest BCUT2D eigenvalue weighted by Crippen LogP contribution is -1.90. The van der Waals surface area contributed by atoms with Gasteiger partial charge < -0.3 is 9.30 Å². The van der Waals surface area contributed by atoms with Crippen molar-refractivity contribution in [3.8, 4) is 5.75 Å². The molecule has 3 aromatic rings. The van der Waals surface area contributed by atoms with Crippen molar-refractivity contribution >= 4 is 22.7 Å². The third kappa shape index (κ3) is 2.41. The molecular weight excluding hydrogens is 266 g/mol. The number of fused-ring (bicyclic) bond motifs is 1. The second-order valence-corrected chi connectivity index (χ2v) is 5.69. The van der Waals surface area contributed by atoms with E-state index >= 15 is 0 Å². The molecule has 0 atom stereocenters. The first-order chi connectivity index (χ1) is 9.81. The molecule has 2 aromatic carbocycles. The van der Waals surface area contributed by atoms with Crippen LogP contribution < -0.4 is 4.74 Å². The van der Waals surface area contributed by atoms with Crippen LogP contribution in [0.4, 0.5) is 0 Å². The first kappa shape index (κ1) is 13.1. The number of rotatable bonds is 4. The Morgan fingerprint density at radius 1 is 1.10 bits per heavy atom. The van der Waals surface area contributed by atoms with Gasteiger partial charge in [0.15, 0.2) is 0 Å². The van der Waals surface area contributed by atoms with Gasteiger partial charge in [0.05, 0.1) is 7.11 Å². The zero-order valence-corrected chi connectivity index (χ0v) is 12.5. The van der Waals surface area contributed by atoms with Gasteiger partial charge in [-0.25, -0.2) is 0 Å². The fraction of sp³-hybridized carbons (Fsp3) is 0.176. The van der Waals surface area contributed by atoms with E-state index in [0.29, 0.717) is 0 Å². The zero-order chi connectivity index (χ0) is 13.9. The highest BCUT2D eigenvalue weighted by Gasteiger charge is 2.10. The van der Waals surface area contributed by atoms with Gasteiger partial charge in [0, 0.05) is 33.4 Å². The van der Waals surface area contributed by atoms with Crippen LogP contribution in [0.15, 0.2) is 64.5 Å². The summed E-state index contributed by atoms with van der Waals surface area (Å²) in [6.45, 7) is 3.14. The molecule has 3 heteroatoms. The maximum Gasteiger partial charge on any atom is 0.119 e. The topological polar surface area (TPSA) is 14.2 Å². The van der Waals surface area contributed by atoms with Crippen LogP contribution in [0, 0.1) is 0 Å². The predicted octanol–water partition coefficient (Wildman–Crippen LogP) is 4.82. The summed E-state index contributed by atoms with van der Waals surface area (Å²) >= 11 is 1.80. The Kier molecular flexibility index (Phi) is 3.70. The van der Waals surface area contributed by atoms with E-state index in [-0.39, 0.29) is 0 Å². The smallest absolute Gasteiger partial charge is 0.119 e. The van der Waals surface area contributed by atoms with Crippen LogP contribution in [-0.2, 0) is 6.54 Å². The second kappa shape index (κ2) is 5.63. The molecule has 0 aliphatic carbocycles. The Balaban J connectivity index is 2.09. The van der Waals surface area contributed by atoms with Crippen LogP contribution in [0.1, 0.15) is 6.92 Å². The molecule has 0 fully saturated rings. The third-order valence-corrected chi connectivity index (χ3v) is 4.42. The molecule has 3 rings (SSSR count). The Morgan fingerprint density at radius 2 is 1.90 bits per heavy atom. The Bertz CT molecular complexity index is 718. The van der Waals surface area contributed by atoms with Crippen LogP contribution in [0.25, 0.3) is 10.9 Å². The summed E-state index contributed by atoms with van der Waals surface area (Å²) in [5.74, 6) is 0.904. The fourth-order valence-corrected chi connectivity index (χ4v) is 3.33. The Labute approximate surface area is 123 Å². The average molecular weight is 283 g/mol. The lowest BCUT2D eigenvalue weighted by molar-refractivity contribution is 0.415. The van der Waals surface area contributed by atoms with E-state index in [9.17, 15) is 0 Å². The number of aryl methyl sites for hydroxylation is 1. The van der Waals surface area contributed by atoms with E-state index in [4.69, 9.17) is 4.74 Å². The number of hydrogen-bond donors (Lipinski definition) is 0. The van der Waals surface area contributed by atoms with Crippen LogP contribution in [-0.4, -0.2) is 11.7 Å². The van der Waals surface area contributed by atoms with E-state index in [1.807, 2.05) is 12.1 Å². The first-order valence-electron chi connectivity index (χ1n) is 6.71. The van der Waals surface area contributed by atoms with Gasteiger partial charge in [0.1, 0.15) is 5.75 Å². The third-order valence-electron chi connectivity index (χ3n) is 3.36. The lowest BCUT2D eigenvalue weighted by Gasteiger charge is -2.03. The highest BCUT2D eigenvalue weighted by atomic mass is 32.2. The molecule has 0 unspecified atom stereocenters. The highest BCUT2D eigenvalue weighted by molar-refractivity contribution is 7.99. The molecule has 102 valence electrons. The molecule has 0 spiro atoms. The maximum absolute atomic E-state index is 5.35. The molecule has 0 N–H and O–H groups in total. The number of hydrogen-bond acceptors (Lipinski definition) is 2. The zero-order valence-electron chi connectivity index (χ0n) is 11.7. The van der Waals surface area contributed by atoms with Crippen molar-refractivity contribution in [2.24, 2.45) is 0 Å². The van der Waals surface area contributed by atoms with Gasteiger partial charge in [-0.2, -0.15) is 0 Å². The summed E-state index contributed by atoms with van der Waals surface area (Å²) in [4.78, 5) is 2.53. The largest absolute Gasteiger partial charge is 0.497 e. The molecule has 1 aromatic heterocycles. The number of benzene rings is 2. The van der Waals surface area contributed by atoms with Crippen molar-refractivity contribution in [3.63, 3.8) is 0 Å². The van der Waals surface area contributed by atoms with Crippen molar-refractivity contribution in [1.29, 1.82) is 0 Å². The van der Waals surface area contributed by atoms with Gasteiger partial charge in [-0.05, 0) is 37.3 Å². The summed E-state index contributed by atoms with van der Waals surface area (Å²) in [6, 6.07) is 16.7. The van der Waals surface area contributed by atoms with Crippen LogP contribution in [0.2, 0.25) is 0 Å². The average Bonchev–Trinajstić information content (AvgIpc) is 2.85. The molecular formula is C17H17NOS. The summed E-state index contributed by atoms with van der Waals surface area (Å²) in [5, 5.41) is 1.25. The van der Waals surface area contributed by atoms with Crippen LogP contribution >= 0.6 is 11.8 Å². The molecule has 0 saturated carbocycles. The van der Waals surface area contributed by atoms with Crippen molar-refractivity contribution in [2.45, 2.75) is 23.3 Å². The highest BCUT2D eigenvalue weighted by Crippen LogP contribution is 2.36. The summed E-state index contributed by atoms with van der Waals surface area (Å²) in [7, 11) is 1.71. The molecule has 0 radical (unpaired) electrons. The summed E-state index contributed by atoms with van der Waals surface area (Å²) in [5.41, 5.74) is 1.26. The molecule has 0 saturated heterocycles. The molecule has 20 heavy (non-hydrogen) atoms. The molecule has 0 aliphatic heterocycles. The van der Waals surface area contributed by atoms with Gasteiger partial charge in [0.2, 0.25) is 0 Å². The summed E-state index contributed by atoms with van der Waals surface area (Å²) in [6.07, 6.45) is 2.22. The lowest BCUT2D eigenvalue weighted by atomic mass is 10.2. The van der Waals surface area contributed by atoms with Crippen molar-refractivity contribution < 1.29 is 4.74 Å².